The van der Waals surface area contributed by atoms with Gasteiger partial charge in [0.05, 0.1) is 11.5 Å². The van der Waals surface area contributed by atoms with E-state index in [4.69, 9.17) is 0 Å². The van der Waals surface area contributed by atoms with Crippen LogP contribution >= 0.6 is 0 Å². The van der Waals surface area contributed by atoms with Crippen LogP contribution in [0.1, 0.15) is 40.0 Å². The summed E-state index contributed by atoms with van der Waals surface area (Å²) in [6.07, 6.45) is 5.37. The average Bonchev–Trinajstić information content (AvgIpc) is 3.63. The molecule has 2 aromatic carbocycles. The number of nitro benzene ring substituents is 1. The van der Waals surface area contributed by atoms with Crippen molar-refractivity contribution < 1.29 is 14.5 Å². The highest BCUT2D eigenvalue weighted by molar-refractivity contribution is 5.97. The normalized spacial score (nSPS) is 12.7. The summed E-state index contributed by atoms with van der Waals surface area (Å²) in [6, 6.07) is 17.7. The van der Waals surface area contributed by atoms with Crippen LogP contribution < -0.4 is 0 Å². The van der Waals surface area contributed by atoms with Gasteiger partial charge in [0.15, 0.2) is 0 Å². The molecule has 1 aromatic heterocycles. The molecule has 0 aliphatic heterocycles. The first-order valence-electron chi connectivity index (χ1n) is 12.0. The van der Waals surface area contributed by atoms with Crippen LogP contribution in [-0.4, -0.2) is 50.2 Å². The molecular weight excluding hydrogens is 456 g/mol. The van der Waals surface area contributed by atoms with Crippen molar-refractivity contribution in [3.8, 4) is 0 Å². The molecule has 8 nitrogen and oxygen atoms in total. The van der Waals surface area contributed by atoms with Crippen LogP contribution in [0.5, 0.6) is 0 Å². The highest BCUT2D eigenvalue weighted by atomic mass is 16.6. The third-order valence-electron chi connectivity index (χ3n) is 6.46. The number of carbonyl (C=O) groups is 2. The van der Waals surface area contributed by atoms with Crippen LogP contribution in [0.15, 0.2) is 79.5 Å². The molecule has 0 radical (unpaired) electrons. The summed E-state index contributed by atoms with van der Waals surface area (Å²) in [5.41, 5.74) is 3.67. The minimum Gasteiger partial charge on any atom is -0.345 e. The van der Waals surface area contributed by atoms with Crippen molar-refractivity contribution in [2.24, 2.45) is 0 Å². The Morgan fingerprint density at radius 3 is 2.47 bits per heavy atom. The van der Waals surface area contributed by atoms with E-state index in [1.54, 1.807) is 15.9 Å². The molecule has 8 heteroatoms. The van der Waals surface area contributed by atoms with Crippen molar-refractivity contribution in [2.45, 2.75) is 38.9 Å². The molecule has 1 aliphatic rings. The minimum absolute atomic E-state index is 0.00661. The summed E-state index contributed by atoms with van der Waals surface area (Å²) in [5, 5.41) is 10.9. The van der Waals surface area contributed by atoms with Crippen LogP contribution in [-0.2, 0) is 17.9 Å². The van der Waals surface area contributed by atoms with Gasteiger partial charge in [-0.25, -0.2) is 0 Å². The van der Waals surface area contributed by atoms with Gasteiger partial charge < -0.3 is 14.4 Å². The fraction of sp³-hybridized carbons (Fsp3) is 0.286. The SMILES string of the molecule is C=CCN(Cc1cccn1Cc1ccccc1C)C(=O)CN(C(=O)c1ccc([N+](=O)[O-])cc1)C1CC1. The first-order valence-corrected chi connectivity index (χ1v) is 12.0. The van der Waals surface area contributed by atoms with Gasteiger partial charge in [-0.3, -0.25) is 19.7 Å². The van der Waals surface area contributed by atoms with Crippen molar-refractivity contribution in [1.82, 2.24) is 14.4 Å². The Bertz CT molecular complexity index is 1260. The number of nitro groups is 1. The van der Waals surface area contributed by atoms with Crippen LogP contribution in [0.2, 0.25) is 0 Å². The lowest BCUT2D eigenvalue weighted by atomic mass is 10.1. The summed E-state index contributed by atoms with van der Waals surface area (Å²) < 4.78 is 2.13. The number of non-ortho nitro benzene ring substituents is 1. The molecule has 1 saturated carbocycles. The van der Waals surface area contributed by atoms with E-state index >= 15 is 0 Å². The third kappa shape index (κ3) is 5.89. The minimum atomic E-state index is -0.501. The molecule has 2 amide bonds. The second-order valence-electron chi connectivity index (χ2n) is 9.09. The van der Waals surface area contributed by atoms with E-state index < -0.39 is 4.92 Å². The Morgan fingerprint density at radius 2 is 1.83 bits per heavy atom. The number of nitrogens with zero attached hydrogens (tertiary/aromatic N) is 4. The summed E-state index contributed by atoms with van der Waals surface area (Å²) in [7, 11) is 0. The van der Waals surface area contributed by atoms with Gasteiger partial charge in [-0.05, 0) is 55.2 Å². The zero-order valence-electron chi connectivity index (χ0n) is 20.4. The van der Waals surface area contributed by atoms with Gasteiger partial charge in [0.1, 0.15) is 6.54 Å². The van der Waals surface area contributed by atoms with Gasteiger partial charge >= 0.3 is 0 Å². The fourth-order valence-corrected chi connectivity index (χ4v) is 4.21. The Balaban J connectivity index is 1.48. The zero-order chi connectivity index (χ0) is 25.7. The van der Waals surface area contributed by atoms with Crippen molar-refractivity contribution in [3.05, 3.63) is 112 Å². The highest BCUT2D eigenvalue weighted by Crippen LogP contribution is 2.29. The van der Waals surface area contributed by atoms with Crippen molar-refractivity contribution in [3.63, 3.8) is 0 Å². The lowest BCUT2D eigenvalue weighted by molar-refractivity contribution is -0.384. The number of benzene rings is 2. The molecule has 1 aliphatic carbocycles. The molecule has 0 atom stereocenters. The van der Waals surface area contributed by atoms with Gasteiger partial charge in [-0.2, -0.15) is 0 Å². The number of aromatic nitrogens is 1. The van der Waals surface area contributed by atoms with E-state index in [9.17, 15) is 19.7 Å². The summed E-state index contributed by atoms with van der Waals surface area (Å²) in [5.74, 6) is -0.456. The number of hydrogen-bond acceptors (Lipinski definition) is 4. The lowest BCUT2D eigenvalue weighted by Crippen LogP contribution is -2.44. The number of carbonyl (C=O) groups excluding carboxylic acids is 2. The van der Waals surface area contributed by atoms with Crippen molar-refractivity contribution >= 4 is 17.5 Å². The Kier molecular flexibility index (Phi) is 7.63. The van der Waals surface area contributed by atoms with Gasteiger partial charge in [0, 0.05) is 48.7 Å². The quantitative estimate of drug-likeness (QED) is 0.226. The van der Waals surface area contributed by atoms with Crippen LogP contribution in [0, 0.1) is 17.0 Å². The summed E-state index contributed by atoms with van der Waals surface area (Å²) in [4.78, 5) is 40.3. The lowest BCUT2D eigenvalue weighted by Gasteiger charge is -2.27. The van der Waals surface area contributed by atoms with E-state index in [2.05, 4.69) is 30.2 Å². The number of rotatable bonds is 11. The predicted molar refractivity (Wildman–Crippen MR) is 137 cm³/mol. The van der Waals surface area contributed by atoms with E-state index in [0.717, 1.165) is 18.5 Å². The van der Waals surface area contributed by atoms with E-state index in [-0.39, 0.29) is 30.1 Å². The Morgan fingerprint density at radius 1 is 1.11 bits per heavy atom. The maximum Gasteiger partial charge on any atom is 0.269 e. The molecule has 36 heavy (non-hydrogen) atoms. The maximum absolute atomic E-state index is 13.4. The van der Waals surface area contributed by atoms with E-state index in [1.807, 2.05) is 30.5 Å². The Hall–Kier alpha value is -4.20. The van der Waals surface area contributed by atoms with Gasteiger partial charge in [-0.1, -0.05) is 30.3 Å². The van der Waals surface area contributed by atoms with Gasteiger partial charge in [0.2, 0.25) is 5.91 Å². The molecule has 1 fully saturated rings. The van der Waals surface area contributed by atoms with Crippen LogP contribution in [0.25, 0.3) is 0 Å². The predicted octanol–water partition coefficient (Wildman–Crippen LogP) is 4.57. The van der Waals surface area contributed by atoms with Crippen LogP contribution in [0.4, 0.5) is 5.69 Å². The summed E-state index contributed by atoms with van der Waals surface area (Å²) in [6.45, 7) is 7.31. The Labute approximate surface area is 210 Å². The number of amides is 2. The molecule has 186 valence electrons. The second-order valence-corrected chi connectivity index (χ2v) is 9.09. The first kappa shape index (κ1) is 24.9. The monoisotopic (exact) mass is 486 g/mol. The topological polar surface area (TPSA) is 88.7 Å². The molecular formula is C28H30N4O4. The van der Waals surface area contributed by atoms with Crippen LogP contribution in [0.3, 0.4) is 0 Å². The van der Waals surface area contributed by atoms with Gasteiger partial charge in [0.25, 0.3) is 11.6 Å². The second kappa shape index (κ2) is 11.0. The highest BCUT2D eigenvalue weighted by Gasteiger charge is 2.35. The fourth-order valence-electron chi connectivity index (χ4n) is 4.21. The first-order chi connectivity index (χ1) is 17.4. The molecule has 3 aromatic rings. The molecule has 4 rings (SSSR count). The zero-order valence-corrected chi connectivity index (χ0v) is 20.4. The third-order valence-corrected chi connectivity index (χ3v) is 6.46. The van der Waals surface area contributed by atoms with Crippen molar-refractivity contribution in [1.29, 1.82) is 0 Å². The largest absolute Gasteiger partial charge is 0.345 e. The molecule has 0 N–H and O–H groups in total. The summed E-state index contributed by atoms with van der Waals surface area (Å²) >= 11 is 0. The van der Waals surface area contributed by atoms with E-state index in [1.165, 1.54) is 35.4 Å². The molecule has 0 bridgehead atoms. The smallest absolute Gasteiger partial charge is 0.269 e. The molecule has 0 spiro atoms. The van der Waals surface area contributed by atoms with Gasteiger partial charge in [-0.15, -0.1) is 6.58 Å². The average molecular weight is 487 g/mol. The maximum atomic E-state index is 13.4. The molecule has 0 unspecified atom stereocenters. The van der Waals surface area contributed by atoms with E-state index in [0.29, 0.717) is 25.2 Å². The standard InChI is InChI=1S/C28H30N4O4/c1-3-16-30(19-26-9-6-17-29(26)18-23-8-5-4-7-21(23)2)27(33)20-31(24-14-15-24)28(34)22-10-12-25(13-11-22)32(35)36/h3-13,17,24H,1,14-16,18-20H2,2H3. The molecule has 1 heterocycles. The van der Waals surface area contributed by atoms with Crippen molar-refractivity contribution in [2.75, 3.05) is 13.1 Å². The molecule has 0 saturated heterocycles. The number of aryl methyl sites for hydroxylation is 1. The number of hydrogen-bond donors (Lipinski definition) is 0.